The summed E-state index contributed by atoms with van der Waals surface area (Å²) < 4.78 is 5.23. The van der Waals surface area contributed by atoms with Crippen molar-refractivity contribution >= 4 is 0 Å². The zero-order valence-corrected chi connectivity index (χ0v) is 11.0. The van der Waals surface area contributed by atoms with E-state index in [9.17, 15) is 0 Å². The standard InChI is InChI=1S/C13H26N2O/c1-4-13(2)10-14-12(11-5-6-11)9-15(13)7-8-16-3/h11-12,14H,4-10H2,1-3H3. The van der Waals surface area contributed by atoms with Gasteiger partial charge in [0, 0.05) is 38.3 Å². The maximum atomic E-state index is 5.23. The van der Waals surface area contributed by atoms with Crippen molar-refractivity contribution < 1.29 is 4.74 Å². The lowest BCUT2D eigenvalue weighted by Crippen LogP contribution is -2.64. The van der Waals surface area contributed by atoms with Gasteiger partial charge in [0.15, 0.2) is 0 Å². The minimum Gasteiger partial charge on any atom is -0.383 e. The Labute approximate surface area is 99.5 Å². The van der Waals surface area contributed by atoms with E-state index in [4.69, 9.17) is 4.74 Å². The molecule has 0 aromatic carbocycles. The molecule has 3 nitrogen and oxygen atoms in total. The molecule has 2 aliphatic rings. The average Bonchev–Trinajstić information content (AvgIpc) is 3.12. The largest absolute Gasteiger partial charge is 0.383 e. The molecule has 2 fully saturated rings. The van der Waals surface area contributed by atoms with E-state index in [1.807, 2.05) is 0 Å². The van der Waals surface area contributed by atoms with Gasteiger partial charge in [-0.05, 0) is 32.1 Å². The van der Waals surface area contributed by atoms with Gasteiger partial charge in [-0.2, -0.15) is 0 Å². The van der Waals surface area contributed by atoms with Crippen molar-refractivity contribution in [1.82, 2.24) is 10.2 Å². The van der Waals surface area contributed by atoms with Crippen molar-refractivity contribution in [3.05, 3.63) is 0 Å². The molecule has 0 aromatic heterocycles. The molecule has 0 amide bonds. The van der Waals surface area contributed by atoms with Gasteiger partial charge in [-0.1, -0.05) is 6.92 Å². The Morgan fingerprint density at radius 1 is 1.44 bits per heavy atom. The summed E-state index contributed by atoms with van der Waals surface area (Å²) in [7, 11) is 1.80. The number of rotatable bonds is 5. The fraction of sp³-hybridized carbons (Fsp3) is 1.00. The van der Waals surface area contributed by atoms with Crippen LogP contribution in [0.3, 0.4) is 0 Å². The first kappa shape index (κ1) is 12.3. The molecule has 1 aliphatic carbocycles. The molecule has 1 N–H and O–H groups in total. The third-order valence-corrected chi connectivity index (χ3v) is 4.44. The number of piperazine rings is 1. The topological polar surface area (TPSA) is 24.5 Å². The number of nitrogens with zero attached hydrogens (tertiary/aromatic N) is 1. The molecule has 0 bridgehead atoms. The van der Waals surface area contributed by atoms with E-state index in [0.717, 1.165) is 31.7 Å². The van der Waals surface area contributed by atoms with Crippen molar-refractivity contribution in [2.75, 3.05) is 33.4 Å². The van der Waals surface area contributed by atoms with Gasteiger partial charge in [0.25, 0.3) is 0 Å². The summed E-state index contributed by atoms with van der Waals surface area (Å²) in [6.45, 7) is 8.93. The minimum atomic E-state index is 0.323. The third-order valence-electron chi connectivity index (χ3n) is 4.44. The van der Waals surface area contributed by atoms with Crippen molar-refractivity contribution in [3.8, 4) is 0 Å². The molecule has 1 saturated carbocycles. The van der Waals surface area contributed by atoms with E-state index in [2.05, 4.69) is 24.1 Å². The van der Waals surface area contributed by atoms with Crippen LogP contribution in [0, 0.1) is 5.92 Å². The lowest BCUT2D eigenvalue weighted by molar-refractivity contribution is 0.0228. The van der Waals surface area contributed by atoms with Gasteiger partial charge in [0.2, 0.25) is 0 Å². The van der Waals surface area contributed by atoms with Gasteiger partial charge < -0.3 is 10.1 Å². The van der Waals surface area contributed by atoms with E-state index in [1.54, 1.807) is 7.11 Å². The number of methoxy groups -OCH3 is 1. The molecule has 1 saturated heterocycles. The maximum Gasteiger partial charge on any atom is 0.0589 e. The highest BCUT2D eigenvalue weighted by molar-refractivity contribution is 4.99. The van der Waals surface area contributed by atoms with Crippen LogP contribution < -0.4 is 5.32 Å². The molecule has 0 spiro atoms. The SMILES string of the molecule is CCC1(C)CNC(C2CC2)CN1CCOC. The molecular formula is C13H26N2O. The van der Waals surface area contributed by atoms with E-state index in [1.165, 1.54) is 25.8 Å². The monoisotopic (exact) mass is 226 g/mol. The average molecular weight is 226 g/mol. The van der Waals surface area contributed by atoms with Crippen molar-refractivity contribution in [3.63, 3.8) is 0 Å². The van der Waals surface area contributed by atoms with Crippen LogP contribution in [0.1, 0.15) is 33.1 Å². The lowest BCUT2D eigenvalue weighted by atomic mass is 9.91. The highest BCUT2D eigenvalue weighted by Crippen LogP contribution is 2.36. The first-order valence-corrected chi connectivity index (χ1v) is 6.67. The molecule has 1 aliphatic heterocycles. The van der Waals surface area contributed by atoms with Gasteiger partial charge in [0.1, 0.15) is 0 Å². The van der Waals surface area contributed by atoms with E-state index in [-0.39, 0.29) is 0 Å². The minimum absolute atomic E-state index is 0.323. The Bertz CT molecular complexity index is 230. The molecular weight excluding hydrogens is 200 g/mol. The molecule has 16 heavy (non-hydrogen) atoms. The second kappa shape index (κ2) is 5.03. The van der Waals surface area contributed by atoms with Crippen LogP contribution in [0.15, 0.2) is 0 Å². The number of hydrogen-bond donors (Lipinski definition) is 1. The van der Waals surface area contributed by atoms with Crippen LogP contribution in [0.25, 0.3) is 0 Å². The van der Waals surface area contributed by atoms with Crippen LogP contribution in [-0.2, 0) is 4.74 Å². The number of nitrogens with one attached hydrogen (secondary N) is 1. The van der Waals surface area contributed by atoms with E-state index < -0.39 is 0 Å². The smallest absolute Gasteiger partial charge is 0.0589 e. The number of hydrogen-bond acceptors (Lipinski definition) is 3. The summed E-state index contributed by atoms with van der Waals surface area (Å²) in [6.07, 6.45) is 4.07. The highest BCUT2D eigenvalue weighted by atomic mass is 16.5. The second-order valence-corrected chi connectivity index (χ2v) is 5.61. The first-order chi connectivity index (χ1) is 7.69. The summed E-state index contributed by atoms with van der Waals surface area (Å²) in [5.74, 6) is 0.950. The summed E-state index contributed by atoms with van der Waals surface area (Å²) in [6, 6.07) is 0.733. The highest BCUT2D eigenvalue weighted by Gasteiger charge is 2.41. The van der Waals surface area contributed by atoms with Crippen molar-refractivity contribution in [2.45, 2.75) is 44.7 Å². The van der Waals surface area contributed by atoms with E-state index in [0.29, 0.717) is 5.54 Å². The Balaban J connectivity index is 1.94. The summed E-state index contributed by atoms with van der Waals surface area (Å²) in [5, 5.41) is 3.75. The predicted molar refractivity (Wildman–Crippen MR) is 66.7 cm³/mol. The van der Waals surface area contributed by atoms with Gasteiger partial charge in [-0.15, -0.1) is 0 Å². The van der Waals surface area contributed by atoms with Crippen LogP contribution in [0.5, 0.6) is 0 Å². The molecule has 3 heteroatoms. The fourth-order valence-corrected chi connectivity index (χ4v) is 2.71. The summed E-state index contributed by atoms with van der Waals surface area (Å²) in [4.78, 5) is 2.63. The van der Waals surface area contributed by atoms with Gasteiger partial charge in [0.05, 0.1) is 6.61 Å². The van der Waals surface area contributed by atoms with Gasteiger partial charge in [-0.3, -0.25) is 4.90 Å². The Hall–Kier alpha value is -0.120. The molecule has 0 radical (unpaired) electrons. The van der Waals surface area contributed by atoms with Gasteiger partial charge >= 0.3 is 0 Å². The molecule has 2 rings (SSSR count). The second-order valence-electron chi connectivity index (χ2n) is 5.61. The Kier molecular flexibility index (Phi) is 3.88. The predicted octanol–water partition coefficient (Wildman–Crippen LogP) is 1.49. The summed E-state index contributed by atoms with van der Waals surface area (Å²) in [5.41, 5.74) is 0.323. The molecule has 94 valence electrons. The van der Waals surface area contributed by atoms with Crippen LogP contribution in [-0.4, -0.2) is 49.8 Å². The Morgan fingerprint density at radius 2 is 2.19 bits per heavy atom. The van der Waals surface area contributed by atoms with Crippen LogP contribution in [0.2, 0.25) is 0 Å². The lowest BCUT2D eigenvalue weighted by Gasteiger charge is -2.48. The molecule has 2 unspecified atom stereocenters. The zero-order chi connectivity index (χ0) is 11.6. The quantitative estimate of drug-likeness (QED) is 0.768. The molecule has 0 aromatic rings. The fourth-order valence-electron chi connectivity index (χ4n) is 2.71. The zero-order valence-electron chi connectivity index (χ0n) is 11.0. The third kappa shape index (κ3) is 2.58. The number of ether oxygens (including phenoxy) is 1. The summed E-state index contributed by atoms with van der Waals surface area (Å²) >= 11 is 0. The Morgan fingerprint density at radius 3 is 2.75 bits per heavy atom. The maximum absolute atomic E-state index is 5.23. The van der Waals surface area contributed by atoms with E-state index >= 15 is 0 Å². The van der Waals surface area contributed by atoms with Crippen LogP contribution in [0.4, 0.5) is 0 Å². The normalized spacial score (nSPS) is 36.6. The van der Waals surface area contributed by atoms with Crippen molar-refractivity contribution in [1.29, 1.82) is 0 Å². The van der Waals surface area contributed by atoms with Crippen LogP contribution >= 0.6 is 0 Å². The first-order valence-electron chi connectivity index (χ1n) is 6.67. The molecule has 2 atom stereocenters. The van der Waals surface area contributed by atoms with Crippen molar-refractivity contribution in [2.24, 2.45) is 5.92 Å². The molecule has 1 heterocycles. The van der Waals surface area contributed by atoms with Gasteiger partial charge in [-0.25, -0.2) is 0 Å².